The van der Waals surface area contributed by atoms with Crippen LogP contribution in [-0.4, -0.2) is 13.0 Å². The van der Waals surface area contributed by atoms with Crippen molar-refractivity contribution in [3.05, 3.63) is 64.7 Å². The second kappa shape index (κ2) is 6.84. The van der Waals surface area contributed by atoms with Crippen LogP contribution in [0.1, 0.15) is 29.2 Å². The molecule has 0 fully saturated rings. The van der Waals surface area contributed by atoms with E-state index in [2.05, 4.69) is 0 Å². The number of hydrogen-bond donors (Lipinski definition) is 1. The Morgan fingerprint density at radius 3 is 2.52 bits per heavy atom. The van der Waals surface area contributed by atoms with Crippen LogP contribution in [0.2, 0.25) is 0 Å². The smallest absolute Gasteiger partial charge is 0.254 e. The van der Waals surface area contributed by atoms with Crippen molar-refractivity contribution < 1.29 is 14.3 Å². The standard InChI is InChI=1S/C19H23NO3/c1-13-9-10-14(2)17(11-13)23-12-15-7-5-6-8-16(15)19(3,22-4)18(20)21/h5-11H,12H2,1-4H3,(H2,20,21)/t19-/m1/s1. The summed E-state index contributed by atoms with van der Waals surface area (Å²) >= 11 is 0. The molecule has 2 rings (SSSR count). The largest absolute Gasteiger partial charge is 0.489 e. The molecule has 4 nitrogen and oxygen atoms in total. The summed E-state index contributed by atoms with van der Waals surface area (Å²) in [5.41, 5.74) is 8.15. The van der Waals surface area contributed by atoms with Crippen LogP contribution < -0.4 is 10.5 Å². The molecule has 0 aromatic heterocycles. The van der Waals surface area contributed by atoms with E-state index in [1.54, 1.807) is 6.92 Å². The first-order valence-electron chi connectivity index (χ1n) is 7.52. The van der Waals surface area contributed by atoms with Gasteiger partial charge in [0.05, 0.1) is 0 Å². The maximum absolute atomic E-state index is 11.8. The highest BCUT2D eigenvalue weighted by atomic mass is 16.5. The fourth-order valence-corrected chi connectivity index (χ4v) is 2.47. The number of primary amides is 1. The van der Waals surface area contributed by atoms with E-state index < -0.39 is 11.5 Å². The normalized spacial score (nSPS) is 13.4. The highest BCUT2D eigenvalue weighted by Gasteiger charge is 2.35. The average Bonchev–Trinajstić information content (AvgIpc) is 2.55. The number of ether oxygens (including phenoxy) is 2. The number of methoxy groups -OCH3 is 1. The highest BCUT2D eigenvalue weighted by molar-refractivity contribution is 5.85. The van der Waals surface area contributed by atoms with Crippen molar-refractivity contribution >= 4 is 5.91 Å². The molecule has 0 aliphatic rings. The molecular weight excluding hydrogens is 290 g/mol. The summed E-state index contributed by atoms with van der Waals surface area (Å²) < 4.78 is 11.3. The van der Waals surface area contributed by atoms with E-state index in [0.29, 0.717) is 6.61 Å². The molecule has 0 aliphatic carbocycles. The lowest BCUT2D eigenvalue weighted by atomic mass is 9.91. The molecule has 0 unspecified atom stereocenters. The first-order chi connectivity index (χ1) is 10.9. The molecule has 1 amide bonds. The van der Waals surface area contributed by atoms with Crippen molar-refractivity contribution in [2.75, 3.05) is 7.11 Å². The Labute approximate surface area is 137 Å². The summed E-state index contributed by atoms with van der Waals surface area (Å²) in [7, 11) is 1.48. The van der Waals surface area contributed by atoms with Crippen molar-refractivity contribution in [2.24, 2.45) is 5.73 Å². The lowest BCUT2D eigenvalue weighted by Gasteiger charge is -2.27. The molecule has 0 heterocycles. The average molecular weight is 313 g/mol. The molecule has 2 N–H and O–H groups in total. The van der Waals surface area contributed by atoms with Gasteiger partial charge in [0, 0.05) is 7.11 Å². The Balaban J connectivity index is 2.31. The van der Waals surface area contributed by atoms with Gasteiger partial charge in [0.25, 0.3) is 5.91 Å². The van der Waals surface area contributed by atoms with Gasteiger partial charge in [-0.3, -0.25) is 4.79 Å². The molecule has 0 saturated carbocycles. The van der Waals surface area contributed by atoms with Gasteiger partial charge in [0.2, 0.25) is 0 Å². The summed E-state index contributed by atoms with van der Waals surface area (Å²) in [5, 5.41) is 0. The van der Waals surface area contributed by atoms with Gasteiger partial charge in [-0.25, -0.2) is 0 Å². The minimum atomic E-state index is -1.18. The Morgan fingerprint density at radius 2 is 1.87 bits per heavy atom. The van der Waals surface area contributed by atoms with Crippen LogP contribution in [0.3, 0.4) is 0 Å². The zero-order valence-electron chi connectivity index (χ0n) is 14.1. The van der Waals surface area contributed by atoms with Crippen molar-refractivity contribution in [3.8, 4) is 5.75 Å². The van der Waals surface area contributed by atoms with Crippen LogP contribution in [-0.2, 0) is 21.7 Å². The maximum Gasteiger partial charge on any atom is 0.254 e. The summed E-state index contributed by atoms with van der Waals surface area (Å²) in [6.45, 7) is 6.04. The molecule has 4 heteroatoms. The van der Waals surface area contributed by atoms with E-state index in [0.717, 1.165) is 28.0 Å². The number of amides is 1. The SMILES string of the molecule is CO[C@@](C)(C(N)=O)c1ccccc1COc1cc(C)ccc1C. The summed E-state index contributed by atoms with van der Waals surface area (Å²) in [4.78, 5) is 11.8. The van der Waals surface area contributed by atoms with Gasteiger partial charge >= 0.3 is 0 Å². The second-order valence-corrected chi connectivity index (χ2v) is 5.82. The van der Waals surface area contributed by atoms with Crippen LogP contribution in [0.15, 0.2) is 42.5 Å². The quantitative estimate of drug-likeness (QED) is 0.890. The van der Waals surface area contributed by atoms with Gasteiger partial charge in [-0.2, -0.15) is 0 Å². The molecule has 0 aliphatic heterocycles. The van der Waals surface area contributed by atoms with Gasteiger partial charge in [-0.15, -0.1) is 0 Å². The lowest BCUT2D eigenvalue weighted by molar-refractivity contribution is -0.139. The topological polar surface area (TPSA) is 61.5 Å². The molecule has 0 spiro atoms. The molecule has 2 aromatic rings. The van der Waals surface area contributed by atoms with E-state index in [1.165, 1.54) is 7.11 Å². The second-order valence-electron chi connectivity index (χ2n) is 5.82. The van der Waals surface area contributed by atoms with Gasteiger partial charge in [0.15, 0.2) is 5.60 Å². The predicted molar refractivity (Wildman–Crippen MR) is 90.2 cm³/mol. The molecule has 23 heavy (non-hydrogen) atoms. The van der Waals surface area contributed by atoms with Gasteiger partial charge in [-0.1, -0.05) is 36.4 Å². The van der Waals surface area contributed by atoms with Crippen molar-refractivity contribution in [3.63, 3.8) is 0 Å². The number of benzene rings is 2. The van der Waals surface area contributed by atoms with Crippen molar-refractivity contribution in [1.29, 1.82) is 0 Å². The Kier molecular flexibility index (Phi) is 5.06. The van der Waals surface area contributed by atoms with Crippen LogP contribution in [0.4, 0.5) is 0 Å². The zero-order chi connectivity index (χ0) is 17.0. The third-order valence-corrected chi connectivity index (χ3v) is 4.14. The molecule has 0 bridgehead atoms. The molecule has 0 radical (unpaired) electrons. The first-order valence-corrected chi connectivity index (χ1v) is 7.52. The fourth-order valence-electron chi connectivity index (χ4n) is 2.47. The van der Waals surface area contributed by atoms with E-state index in [1.807, 2.05) is 56.3 Å². The number of hydrogen-bond acceptors (Lipinski definition) is 3. The number of rotatable bonds is 6. The van der Waals surface area contributed by atoms with Gasteiger partial charge in [-0.05, 0) is 49.1 Å². The lowest BCUT2D eigenvalue weighted by Crippen LogP contribution is -2.41. The number of carbonyl (C=O) groups is 1. The Hall–Kier alpha value is -2.33. The highest BCUT2D eigenvalue weighted by Crippen LogP contribution is 2.29. The third kappa shape index (κ3) is 3.54. The van der Waals surface area contributed by atoms with Gasteiger partial charge in [0.1, 0.15) is 12.4 Å². The summed E-state index contributed by atoms with van der Waals surface area (Å²) in [6, 6.07) is 13.6. The van der Waals surface area contributed by atoms with Crippen LogP contribution >= 0.6 is 0 Å². The molecule has 2 aromatic carbocycles. The number of nitrogens with two attached hydrogens (primary N) is 1. The van der Waals surface area contributed by atoms with Crippen LogP contribution in [0.25, 0.3) is 0 Å². The Bertz CT molecular complexity index is 712. The van der Waals surface area contributed by atoms with Crippen LogP contribution in [0, 0.1) is 13.8 Å². The summed E-state index contributed by atoms with van der Waals surface area (Å²) in [6.07, 6.45) is 0. The first kappa shape index (κ1) is 17.0. The minimum absolute atomic E-state index is 0.340. The van der Waals surface area contributed by atoms with E-state index in [-0.39, 0.29) is 0 Å². The molecular formula is C19H23NO3. The summed E-state index contributed by atoms with van der Waals surface area (Å²) in [5.74, 6) is 0.303. The van der Waals surface area contributed by atoms with E-state index >= 15 is 0 Å². The molecule has 122 valence electrons. The van der Waals surface area contributed by atoms with E-state index in [4.69, 9.17) is 15.2 Å². The fraction of sp³-hybridized carbons (Fsp3) is 0.316. The predicted octanol–water partition coefficient (Wildman–Crippen LogP) is 3.23. The molecule has 0 saturated heterocycles. The number of carbonyl (C=O) groups excluding carboxylic acids is 1. The number of aryl methyl sites for hydroxylation is 2. The molecule has 1 atom stereocenters. The van der Waals surface area contributed by atoms with Crippen LogP contribution in [0.5, 0.6) is 5.75 Å². The van der Waals surface area contributed by atoms with E-state index in [9.17, 15) is 4.79 Å². The Morgan fingerprint density at radius 1 is 1.17 bits per heavy atom. The minimum Gasteiger partial charge on any atom is -0.489 e. The monoisotopic (exact) mass is 313 g/mol. The zero-order valence-corrected chi connectivity index (χ0v) is 14.1. The van der Waals surface area contributed by atoms with Crippen molar-refractivity contribution in [1.82, 2.24) is 0 Å². The third-order valence-electron chi connectivity index (χ3n) is 4.14. The van der Waals surface area contributed by atoms with Gasteiger partial charge < -0.3 is 15.2 Å². The maximum atomic E-state index is 11.8. The van der Waals surface area contributed by atoms with Crippen molar-refractivity contribution in [2.45, 2.75) is 33.0 Å².